The lowest BCUT2D eigenvalue weighted by Gasteiger charge is -2.11. The number of phenolic OH excluding ortho intramolecular Hbond substituents is 1. The topological polar surface area (TPSA) is 138 Å². The van der Waals surface area contributed by atoms with Gasteiger partial charge in [0.15, 0.2) is 6.10 Å². The van der Waals surface area contributed by atoms with E-state index in [1.165, 1.54) is 56.5 Å². The number of hydrogen-bond acceptors (Lipinski definition) is 9. The first-order valence-corrected chi connectivity index (χ1v) is 8.05. The molecule has 1 atom stereocenters. The van der Waals surface area contributed by atoms with Gasteiger partial charge in [0.2, 0.25) is 5.89 Å². The Morgan fingerprint density at radius 1 is 1.21 bits per heavy atom. The summed E-state index contributed by atoms with van der Waals surface area (Å²) in [6, 6.07) is 9.76. The summed E-state index contributed by atoms with van der Waals surface area (Å²) in [6.45, 7) is 1.53. The Bertz CT molecular complexity index is 1010. The standard InChI is InChI=1S/C18H15N3O7/c1-10(27-18(23)14-8-7-13(26-2)9-15(14)22)16-19-20-17(28-16)11-3-5-12(6-4-11)21(24)25/h3-10,22H,1-2H3/t10-/m0/s1. The molecule has 0 saturated carbocycles. The summed E-state index contributed by atoms with van der Waals surface area (Å²) in [4.78, 5) is 22.4. The van der Waals surface area contributed by atoms with Gasteiger partial charge in [0.05, 0.1) is 12.0 Å². The number of non-ortho nitro benzene ring substituents is 1. The minimum Gasteiger partial charge on any atom is -0.507 e. The lowest BCUT2D eigenvalue weighted by Crippen LogP contribution is -2.10. The van der Waals surface area contributed by atoms with E-state index in [-0.39, 0.29) is 28.8 Å². The van der Waals surface area contributed by atoms with Crippen LogP contribution >= 0.6 is 0 Å². The van der Waals surface area contributed by atoms with E-state index >= 15 is 0 Å². The number of nitro groups is 1. The number of nitro benzene ring substituents is 1. The Kier molecular flexibility index (Phi) is 5.21. The maximum atomic E-state index is 12.3. The van der Waals surface area contributed by atoms with Crippen LogP contribution in [-0.2, 0) is 4.74 Å². The van der Waals surface area contributed by atoms with Crippen LogP contribution in [0.2, 0.25) is 0 Å². The highest BCUT2D eigenvalue weighted by Gasteiger charge is 2.22. The fourth-order valence-electron chi connectivity index (χ4n) is 2.33. The molecule has 1 aromatic heterocycles. The molecule has 10 heteroatoms. The monoisotopic (exact) mass is 385 g/mol. The second kappa shape index (κ2) is 7.74. The first-order valence-electron chi connectivity index (χ1n) is 8.05. The van der Waals surface area contributed by atoms with E-state index in [0.29, 0.717) is 11.3 Å². The van der Waals surface area contributed by atoms with E-state index in [1.54, 1.807) is 0 Å². The number of methoxy groups -OCH3 is 1. The van der Waals surface area contributed by atoms with Gasteiger partial charge in [-0.15, -0.1) is 10.2 Å². The number of aromatic nitrogens is 2. The highest BCUT2D eigenvalue weighted by Crippen LogP contribution is 2.27. The quantitative estimate of drug-likeness (QED) is 0.385. The fraction of sp³-hybridized carbons (Fsp3) is 0.167. The maximum absolute atomic E-state index is 12.3. The molecule has 1 N–H and O–H groups in total. The summed E-state index contributed by atoms with van der Waals surface area (Å²) >= 11 is 0. The lowest BCUT2D eigenvalue weighted by molar-refractivity contribution is -0.384. The number of phenols is 1. The SMILES string of the molecule is COc1ccc(C(=O)O[C@@H](C)c2nnc(-c3ccc([N+](=O)[O-])cc3)o2)c(O)c1. The molecular formula is C18H15N3O7. The molecule has 0 aliphatic rings. The van der Waals surface area contributed by atoms with Crippen LogP contribution in [0.15, 0.2) is 46.9 Å². The van der Waals surface area contributed by atoms with Crippen molar-refractivity contribution >= 4 is 11.7 Å². The Balaban J connectivity index is 1.72. The Morgan fingerprint density at radius 2 is 1.93 bits per heavy atom. The molecule has 0 aliphatic carbocycles. The van der Waals surface area contributed by atoms with Gasteiger partial charge in [0.1, 0.15) is 17.1 Å². The molecule has 0 aliphatic heterocycles. The maximum Gasteiger partial charge on any atom is 0.342 e. The Hall–Kier alpha value is -3.95. The smallest absolute Gasteiger partial charge is 0.342 e. The van der Waals surface area contributed by atoms with Gasteiger partial charge in [-0.05, 0) is 31.2 Å². The van der Waals surface area contributed by atoms with Crippen molar-refractivity contribution in [1.82, 2.24) is 10.2 Å². The second-order valence-electron chi connectivity index (χ2n) is 5.68. The Labute approximate surface area is 158 Å². The lowest BCUT2D eigenvalue weighted by atomic mass is 10.2. The van der Waals surface area contributed by atoms with Gasteiger partial charge in [-0.1, -0.05) is 0 Å². The van der Waals surface area contributed by atoms with Crippen LogP contribution in [0.4, 0.5) is 5.69 Å². The van der Waals surface area contributed by atoms with Crippen molar-refractivity contribution in [3.8, 4) is 23.0 Å². The van der Waals surface area contributed by atoms with E-state index in [1.807, 2.05) is 0 Å². The molecular weight excluding hydrogens is 370 g/mol. The van der Waals surface area contributed by atoms with Crippen molar-refractivity contribution in [3.05, 3.63) is 64.0 Å². The zero-order valence-electron chi connectivity index (χ0n) is 14.9. The summed E-state index contributed by atoms with van der Waals surface area (Å²) < 4.78 is 15.7. The van der Waals surface area contributed by atoms with Crippen molar-refractivity contribution in [1.29, 1.82) is 0 Å². The second-order valence-corrected chi connectivity index (χ2v) is 5.68. The fourth-order valence-corrected chi connectivity index (χ4v) is 2.33. The molecule has 0 saturated heterocycles. The molecule has 3 aromatic rings. The number of ether oxygens (including phenoxy) is 2. The van der Waals surface area contributed by atoms with Crippen molar-refractivity contribution in [2.24, 2.45) is 0 Å². The largest absolute Gasteiger partial charge is 0.507 e. The van der Waals surface area contributed by atoms with Gasteiger partial charge in [-0.2, -0.15) is 0 Å². The summed E-state index contributed by atoms with van der Waals surface area (Å²) in [5.74, 6) is -0.502. The molecule has 3 rings (SSSR count). The van der Waals surface area contributed by atoms with E-state index in [4.69, 9.17) is 13.9 Å². The molecule has 0 spiro atoms. The predicted molar refractivity (Wildman–Crippen MR) is 94.9 cm³/mol. The molecule has 0 unspecified atom stereocenters. The van der Waals surface area contributed by atoms with Gasteiger partial charge < -0.3 is 19.0 Å². The highest BCUT2D eigenvalue weighted by atomic mass is 16.6. The number of benzene rings is 2. The first-order chi connectivity index (χ1) is 13.4. The van der Waals surface area contributed by atoms with Crippen molar-refractivity contribution in [3.63, 3.8) is 0 Å². The number of nitrogens with zero attached hydrogens (tertiary/aromatic N) is 3. The molecule has 28 heavy (non-hydrogen) atoms. The third kappa shape index (κ3) is 3.90. The summed E-state index contributed by atoms with van der Waals surface area (Å²) in [6.07, 6.45) is -0.881. The highest BCUT2D eigenvalue weighted by molar-refractivity contribution is 5.92. The number of rotatable bonds is 6. The zero-order chi connectivity index (χ0) is 20.3. The van der Waals surface area contributed by atoms with Crippen LogP contribution in [0.5, 0.6) is 11.5 Å². The van der Waals surface area contributed by atoms with Crippen LogP contribution in [0, 0.1) is 10.1 Å². The van der Waals surface area contributed by atoms with Crippen molar-refractivity contribution in [2.75, 3.05) is 7.11 Å². The van der Waals surface area contributed by atoms with Gasteiger partial charge in [-0.3, -0.25) is 10.1 Å². The zero-order valence-corrected chi connectivity index (χ0v) is 14.9. The van der Waals surface area contributed by atoms with Crippen LogP contribution in [0.3, 0.4) is 0 Å². The van der Waals surface area contributed by atoms with Gasteiger partial charge >= 0.3 is 5.97 Å². The first kappa shape index (κ1) is 18.8. The molecule has 144 valence electrons. The number of esters is 1. The summed E-state index contributed by atoms with van der Waals surface area (Å²) in [5.41, 5.74) is 0.378. The van der Waals surface area contributed by atoms with Crippen LogP contribution in [0.25, 0.3) is 11.5 Å². The minimum absolute atomic E-state index is 0.0368. The van der Waals surface area contributed by atoms with Crippen LogP contribution in [0.1, 0.15) is 29.3 Å². The molecule has 0 fully saturated rings. The van der Waals surface area contributed by atoms with E-state index in [2.05, 4.69) is 10.2 Å². The molecule has 0 bridgehead atoms. The molecule has 0 radical (unpaired) electrons. The number of hydrogen-bond donors (Lipinski definition) is 1. The van der Waals surface area contributed by atoms with Gasteiger partial charge in [-0.25, -0.2) is 4.79 Å². The van der Waals surface area contributed by atoms with Gasteiger partial charge in [0.25, 0.3) is 11.6 Å². The minimum atomic E-state index is -0.881. The van der Waals surface area contributed by atoms with Gasteiger partial charge in [0, 0.05) is 23.8 Å². The third-order valence-corrected chi connectivity index (χ3v) is 3.82. The van der Waals surface area contributed by atoms with E-state index in [0.717, 1.165) is 0 Å². The average Bonchev–Trinajstić information content (AvgIpc) is 3.18. The number of carbonyl (C=O) groups is 1. The number of aromatic hydroxyl groups is 1. The van der Waals surface area contributed by atoms with Crippen molar-refractivity contribution < 1.29 is 28.7 Å². The molecule has 1 heterocycles. The van der Waals surface area contributed by atoms with E-state index < -0.39 is 17.0 Å². The van der Waals surface area contributed by atoms with Crippen LogP contribution in [-0.4, -0.2) is 33.3 Å². The Morgan fingerprint density at radius 3 is 2.54 bits per heavy atom. The normalized spacial score (nSPS) is 11.6. The number of carbonyl (C=O) groups excluding carboxylic acids is 1. The van der Waals surface area contributed by atoms with Crippen LogP contribution < -0.4 is 4.74 Å². The summed E-state index contributed by atoms with van der Waals surface area (Å²) in [7, 11) is 1.44. The average molecular weight is 385 g/mol. The summed E-state index contributed by atoms with van der Waals surface area (Å²) in [5, 5.41) is 28.3. The molecule has 2 aromatic carbocycles. The van der Waals surface area contributed by atoms with Crippen molar-refractivity contribution in [2.45, 2.75) is 13.0 Å². The predicted octanol–water partition coefficient (Wildman–Crippen LogP) is 3.28. The van der Waals surface area contributed by atoms with E-state index in [9.17, 15) is 20.0 Å². The molecule has 10 nitrogen and oxygen atoms in total. The molecule has 0 amide bonds. The third-order valence-electron chi connectivity index (χ3n) is 3.82.